The Balaban J connectivity index is 2.37. The van der Waals surface area contributed by atoms with Gasteiger partial charge in [0.2, 0.25) is 0 Å². The van der Waals surface area contributed by atoms with Crippen LogP contribution in [0.1, 0.15) is 0 Å². The molecule has 1 rings (SSSR count). The van der Waals surface area contributed by atoms with Gasteiger partial charge in [-0.2, -0.15) is 5.43 Å². The number of hydrogen-bond acceptors (Lipinski definition) is 2. The van der Waals surface area contributed by atoms with Crippen LogP contribution in [0.25, 0.3) is 0 Å². The number of hydrogen-bond donors (Lipinski definition) is 2. The molecule has 0 spiro atoms. The maximum atomic E-state index is 6.89. The van der Waals surface area contributed by atoms with Crippen LogP contribution < -0.4 is 10.9 Å². The zero-order chi connectivity index (χ0) is 4.41. The van der Waals surface area contributed by atoms with E-state index < -0.39 is 0 Å². The van der Waals surface area contributed by atoms with Crippen LogP contribution in [0.5, 0.6) is 0 Å². The smallest absolute Gasteiger partial charge is 0.0695 e. The quantitative estimate of drug-likeness (QED) is 0.394. The van der Waals surface area contributed by atoms with Gasteiger partial charge >= 0.3 is 0 Å². The van der Waals surface area contributed by atoms with E-state index in [1.807, 2.05) is 0 Å². The van der Waals surface area contributed by atoms with E-state index in [1.54, 1.807) is 0 Å². The summed E-state index contributed by atoms with van der Waals surface area (Å²) in [6, 6.07) is 0. The van der Waals surface area contributed by atoms with Crippen LogP contribution in [0.2, 0.25) is 0 Å². The first-order valence-corrected chi connectivity index (χ1v) is 1.85. The van der Waals surface area contributed by atoms with Crippen molar-refractivity contribution in [1.82, 2.24) is 10.9 Å². The summed E-state index contributed by atoms with van der Waals surface area (Å²) >= 11 is 0. The van der Waals surface area contributed by atoms with Gasteiger partial charge < -0.3 is 5.41 Å². The second-order valence-corrected chi connectivity index (χ2v) is 1.25. The molecule has 0 atom stereocenters. The highest BCUT2D eigenvalue weighted by atomic mass is 15.4. The first-order chi connectivity index (χ1) is 2.89. The lowest BCUT2D eigenvalue weighted by atomic mass is 10.4. The standard InChI is InChI=1S/C3H6N3/c4-3-1-5-6-2-3/h4-5H,1-2H2. The molecule has 0 aromatic rings. The van der Waals surface area contributed by atoms with Gasteiger partial charge in [0.15, 0.2) is 0 Å². The zero-order valence-corrected chi connectivity index (χ0v) is 3.36. The average Bonchev–Trinajstić information content (AvgIpc) is 1.86. The number of nitrogens with zero attached hydrogens (tertiary/aromatic N) is 1. The Kier molecular flexibility index (Phi) is 0.856. The normalized spacial score (nSPS) is 22.3. The molecule has 0 aromatic heterocycles. The molecule has 6 heavy (non-hydrogen) atoms. The SMILES string of the molecule is N=C1C[N]NC1. The molecule has 33 valence electrons. The van der Waals surface area contributed by atoms with Gasteiger partial charge in [0, 0.05) is 5.71 Å². The Morgan fingerprint density at radius 1 is 1.83 bits per heavy atom. The Bertz CT molecular complexity index is 60.4. The van der Waals surface area contributed by atoms with Gasteiger partial charge in [0.05, 0.1) is 13.1 Å². The second kappa shape index (κ2) is 1.36. The van der Waals surface area contributed by atoms with Gasteiger partial charge in [-0.1, -0.05) is 0 Å². The minimum atomic E-state index is 0.583. The lowest BCUT2D eigenvalue weighted by molar-refractivity contribution is 0.673. The van der Waals surface area contributed by atoms with E-state index in [2.05, 4.69) is 10.9 Å². The molecule has 3 nitrogen and oxygen atoms in total. The topological polar surface area (TPSA) is 50.0 Å². The highest BCUT2D eigenvalue weighted by Gasteiger charge is 2.02. The maximum absolute atomic E-state index is 6.89. The predicted molar refractivity (Wildman–Crippen MR) is 22.7 cm³/mol. The summed E-state index contributed by atoms with van der Waals surface area (Å²) in [5, 5.41) is 6.89. The van der Waals surface area contributed by atoms with E-state index in [1.165, 1.54) is 0 Å². The van der Waals surface area contributed by atoms with Gasteiger partial charge in [0.25, 0.3) is 0 Å². The van der Waals surface area contributed by atoms with Crippen molar-refractivity contribution < 1.29 is 0 Å². The third-order valence-electron chi connectivity index (χ3n) is 0.674. The van der Waals surface area contributed by atoms with Crippen LogP contribution in [0.15, 0.2) is 0 Å². The molecule has 1 fully saturated rings. The van der Waals surface area contributed by atoms with Crippen molar-refractivity contribution in [3.05, 3.63) is 0 Å². The van der Waals surface area contributed by atoms with Crippen LogP contribution in [-0.2, 0) is 0 Å². The van der Waals surface area contributed by atoms with Gasteiger partial charge in [-0.15, -0.1) is 0 Å². The molecule has 0 unspecified atom stereocenters. The van der Waals surface area contributed by atoms with E-state index in [4.69, 9.17) is 5.41 Å². The molecular formula is C3H6N3. The Morgan fingerprint density at radius 3 is 2.83 bits per heavy atom. The van der Waals surface area contributed by atoms with Crippen molar-refractivity contribution in [1.29, 1.82) is 5.41 Å². The number of rotatable bonds is 0. The first-order valence-electron chi connectivity index (χ1n) is 1.85. The maximum Gasteiger partial charge on any atom is 0.0695 e. The van der Waals surface area contributed by atoms with E-state index in [-0.39, 0.29) is 0 Å². The minimum Gasteiger partial charge on any atom is -0.307 e. The fraction of sp³-hybridized carbons (Fsp3) is 0.667. The molecule has 1 saturated heterocycles. The van der Waals surface area contributed by atoms with Crippen LogP contribution in [0.3, 0.4) is 0 Å². The summed E-state index contributed by atoms with van der Waals surface area (Å²) in [4.78, 5) is 0. The summed E-state index contributed by atoms with van der Waals surface area (Å²) in [7, 11) is 0. The summed E-state index contributed by atoms with van der Waals surface area (Å²) in [5.74, 6) is 0. The van der Waals surface area contributed by atoms with Crippen molar-refractivity contribution in [3.63, 3.8) is 0 Å². The first kappa shape index (κ1) is 3.77. The molecule has 3 heteroatoms. The van der Waals surface area contributed by atoms with Crippen molar-refractivity contribution >= 4 is 5.71 Å². The fourth-order valence-corrected chi connectivity index (χ4v) is 0.359. The monoisotopic (exact) mass is 84.1 g/mol. The summed E-state index contributed by atoms with van der Waals surface area (Å²) in [5.41, 5.74) is 7.04. The third-order valence-corrected chi connectivity index (χ3v) is 0.674. The highest BCUT2D eigenvalue weighted by Crippen LogP contribution is 1.73. The van der Waals surface area contributed by atoms with Gasteiger partial charge in [-0.05, 0) is 0 Å². The molecule has 1 aliphatic heterocycles. The van der Waals surface area contributed by atoms with E-state index in [9.17, 15) is 0 Å². The molecule has 2 N–H and O–H groups in total. The molecule has 0 saturated carbocycles. The molecule has 0 bridgehead atoms. The molecule has 1 aliphatic rings. The molecule has 0 aromatic carbocycles. The van der Waals surface area contributed by atoms with Crippen LogP contribution >= 0.6 is 0 Å². The average molecular weight is 84.1 g/mol. The number of nitrogens with one attached hydrogen (secondary N) is 2. The summed E-state index contributed by atoms with van der Waals surface area (Å²) < 4.78 is 0. The lowest BCUT2D eigenvalue weighted by Crippen LogP contribution is -2.13. The highest BCUT2D eigenvalue weighted by molar-refractivity contribution is 5.86. The lowest BCUT2D eigenvalue weighted by Gasteiger charge is -1.75. The van der Waals surface area contributed by atoms with E-state index in [0.29, 0.717) is 18.8 Å². The molecule has 1 heterocycles. The Labute approximate surface area is 36.2 Å². The Hall–Kier alpha value is -0.410. The van der Waals surface area contributed by atoms with Gasteiger partial charge in [-0.3, -0.25) is 0 Å². The summed E-state index contributed by atoms with van der Waals surface area (Å²) in [6.07, 6.45) is 0. The second-order valence-electron chi connectivity index (χ2n) is 1.25. The van der Waals surface area contributed by atoms with Crippen LogP contribution in [-0.4, -0.2) is 18.8 Å². The van der Waals surface area contributed by atoms with Crippen molar-refractivity contribution in [2.24, 2.45) is 0 Å². The van der Waals surface area contributed by atoms with Crippen molar-refractivity contribution in [2.75, 3.05) is 13.1 Å². The minimum absolute atomic E-state index is 0.583. The fourth-order valence-electron chi connectivity index (χ4n) is 0.359. The van der Waals surface area contributed by atoms with Crippen LogP contribution in [0, 0.1) is 5.41 Å². The van der Waals surface area contributed by atoms with Crippen LogP contribution in [0.4, 0.5) is 0 Å². The predicted octanol–water partition coefficient (Wildman–Crippen LogP) is -0.871. The largest absolute Gasteiger partial charge is 0.307 e. The Morgan fingerprint density at radius 2 is 2.67 bits per heavy atom. The molecule has 1 radical (unpaired) electrons. The van der Waals surface area contributed by atoms with Crippen molar-refractivity contribution in [2.45, 2.75) is 0 Å². The zero-order valence-electron chi connectivity index (χ0n) is 3.36. The van der Waals surface area contributed by atoms with Gasteiger partial charge in [-0.25, -0.2) is 5.43 Å². The van der Waals surface area contributed by atoms with Gasteiger partial charge in [0.1, 0.15) is 0 Å². The van der Waals surface area contributed by atoms with Crippen molar-refractivity contribution in [3.8, 4) is 0 Å². The molecule has 0 aliphatic carbocycles. The molecular weight excluding hydrogens is 78.1 g/mol. The third kappa shape index (κ3) is 0.555. The summed E-state index contributed by atoms with van der Waals surface area (Å²) in [6.45, 7) is 1.24. The van der Waals surface area contributed by atoms with E-state index in [0.717, 1.165) is 0 Å². The molecule has 0 amide bonds. The van der Waals surface area contributed by atoms with E-state index >= 15 is 0 Å².